The molecule has 5 nitrogen and oxygen atoms in total. The van der Waals surface area contributed by atoms with Crippen LogP contribution in [0.4, 0.5) is 4.39 Å². The molecule has 7 heteroatoms. The predicted molar refractivity (Wildman–Crippen MR) is 75.6 cm³/mol. The van der Waals surface area contributed by atoms with Crippen LogP contribution >= 0.6 is 0 Å². The van der Waals surface area contributed by atoms with Crippen LogP contribution in [-0.4, -0.2) is 31.9 Å². The van der Waals surface area contributed by atoms with Gasteiger partial charge in [-0.1, -0.05) is 18.6 Å². The summed E-state index contributed by atoms with van der Waals surface area (Å²) in [5.41, 5.74) is 6.36. The second-order valence-corrected chi connectivity index (χ2v) is 6.66. The summed E-state index contributed by atoms with van der Waals surface area (Å²) in [5, 5.41) is 0. The minimum absolute atomic E-state index is 0.130. The number of nitrogens with zero attached hydrogens (tertiary/aromatic N) is 1. The van der Waals surface area contributed by atoms with Gasteiger partial charge in [-0.2, -0.15) is 17.4 Å². The second-order valence-electron chi connectivity index (χ2n) is 4.95. The summed E-state index contributed by atoms with van der Waals surface area (Å²) in [6.45, 7) is 0.981. The molecule has 1 atom stereocenters. The first kappa shape index (κ1) is 15.4. The van der Waals surface area contributed by atoms with E-state index >= 15 is 0 Å². The standard InChI is InChI=1S/C13H20FN3O2S/c14-12-6-4-11(5-7-12)10-16-20(18,19)17-8-2-1-3-13(17)9-15/h4-7,13,16H,1-3,8-10,15H2. The number of halogens is 1. The minimum atomic E-state index is -3.54. The highest BCUT2D eigenvalue weighted by Gasteiger charge is 2.30. The van der Waals surface area contributed by atoms with E-state index in [4.69, 9.17) is 5.73 Å². The van der Waals surface area contributed by atoms with Crippen molar-refractivity contribution in [2.24, 2.45) is 5.73 Å². The molecule has 1 heterocycles. The van der Waals surface area contributed by atoms with E-state index in [9.17, 15) is 12.8 Å². The monoisotopic (exact) mass is 301 g/mol. The van der Waals surface area contributed by atoms with Crippen molar-refractivity contribution in [3.63, 3.8) is 0 Å². The van der Waals surface area contributed by atoms with Crippen molar-refractivity contribution in [1.82, 2.24) is 9.03 Å². The van der Waals surface area contributed by atoms with Crippen molar-refractivity contribution in [2.75, 3.05) is 13.1 Å². The van der Waals surface area contributed by atoms with Crippen LogP contribution in [0, 0.1) is 5.82 Å². The first-order valence-electron chi connectivity index (χ1n) is 6.74. The third-order valence-corrected chi connectivity index (χ3v) is 5.13. The molecular weight excluding hydrogens is 281 g/mol. The SMILES string of the molecule is NCC1CCCCN1S(=O)(=O)NCc1ccc(F)cc1. The van der Waals surface area contributed by atoms with E-state index in [0.717, 1.165) is 24.8 Å². The van der Waals surface area contributed by atoms with Gasteiger partial charge in [0, 0.05) is 25.7 Å². The Bertz CT molecular complexity index is 533. The van der Waals surface area contributed by atoms with Gasteiger partial charge in [0.15, 0.2) is 0 Å². The molecule has 0 aliphatic carbocycles. The van der Waals surface area contributed by atoms with Crippen molar-refractivity contribution >= 4 is 10.2 Å². The van der Waals surface area contributed by atoms with E-state index in [1.165, 1.54) is 16.4 Å². The molecule has 3 N–H and O–H groups in total. The zero-order valence-electron chi connectivity index (χ0n) is 11.3. The number of hydrogen-bond acceptors (Lipinski definition) is 3. The maximum atomic E-state index is 12.8. The highest BCUT2D eigenvalue weighted by atomic mass is 32.2. The van der Waals surface area contributed by atoms with Crippen LogP contribution in [0.5, 0.6) is 0 Å². The average molecular weight is 301 g/mol. The number of rotatable bonds is 5. The molecule has 0 amide bonds. The van der Waals surface area contributed by atoms with Gasteiger partial charge in [0.1, 0.15) is 5.82 Å². The maximum Gasteiger partial charge on any atom is 0.280 e. The lowest BCUT2D eigenvalue weighted by Crippen LogP contribution is -2.51. The molecule has 20 heavy (non-hydrogen) atoms. The van der Waals surface area contributed by atoms with Crippen LogP contribution in [-0.2, 0) is 16.8 Å². The molecule has 0 aromatic heterocycles. The highest BCUT2D eigenvalue weighted by Crippen LogP contribution is 2.19. The molecule has 112 valence electrons. The largest absolute Gasteiger partial charge is 0.329 e. The van der Waals surface area contributed by atoms with Gasteiger partial charge in [-0.05, 0) is 30.5 Å². The summed E-state index contributed by atoms with van der Waals surface area (Å²) >= 11 is 0. The molecule has 1 unspecified atom stereocenters. The lowest BCUT2D eigenvalue weighted by atomic mass is 10.1. The smallest absolute Gasteiger partial charge is 0.280 e. The van der Waals surface area contributed by atoms with Gasteiger partial charge in [0.25, 0.3) is 10.2 Å². The van der Waals surface area contributed by atoms with Crippen LogP contribution < -0.4 is 10.5 Å². The van der Waals surface area contributed by atoms with Crippen molar-refractivity contribution < 1.29 is 12.8 Å². The number of benzene rings is 1. The Hall–Kier alpha value is -1.02. The summed E-state index contributed by atoms with van der Waals surface area (Å²) in [6, 6.07) is 5.62. The fourth-order valence-electron chi connectivity index (χ4n) is 2.39. The Kier molecular flexibility index (Phi) is 5.09. The summed E-state index contributed by atoms with van der Waals surface area (Å²) in [6.07, 6.45) is 2.66. The maximum absolute atomic E-state index is 12.8. The van der Waals surface area contributed by atoms with Gasteiger partial charge in [-0.3, -0.25) is 0 Å². The zero-order chi connectivity index (χ0) is 14.6. The molecular formula is C13H20FN3O2S. The Balaban J connectivity index is 2.01. The van der Waals surface area contributed by atoms with E-state index in [2.05, 4.69) is 4.72 Å². The van der Waals surface area contributed by atoms with E-state index in [0.29, 0.717) is 13.1 Å². The summed E-state index contributed by atoms with van der Waals surface area (Å²) < 4.78 is 41.3. The van der Waals surface area contributed by atoms with Crippen LogP contribution in [0.1, 0.15) is 24.8 Å². The van der Waals surface area contributed by atoms with Crippen molar-refractivity contribution in [2.45, 2.75) is 31.8 Å². The third kappa shape index (κ3) is 3.76. The molecule has 1 fully saturated rings. The van der Waals surface area contributed by atoms with Crippen LogP contribution in [0.2, 0.25) is 0 Å². The van der Waals surface area contributed by atoms with Crippen molar-refractivity contribution in [1.29, 1.82) is 0 Å². The normalized spacial score (nSPS) is 21.0. The molecule has 2 rings (SSSR count). The van der Waals surface area contributed by atoms with E-state index in [1.807, 2.05) is 0 Å². The van der Waals surface area contributed by atoms with Gasteiger partial charge in [-0.25, -0.2) is 4.39 Å². The van der Waals surface area contributed by atoms with Gasteiger partial charge in [0.2, 0.25) is 0 Å². The molecule has 0 radical (unpaired) electrons. The van der Waals surface area contributed by atoms with E-state index in [1.54, 1.807) is 12.1 Å². The van der Waals surface area contributed by atoms with Crippen LogP contribution in [0.25, 0.3) is 0 Å². The van der Waals surface area contributed by atoms with E-state index in [-0.39, 0.29) is 18.4 Å². The quantitative estimate of drug-likeness (QED) is 0.851. The lowest BCUT2D eigenvalue weighted by Gasteiger charge is -2.33. The van der Waals surface area contributed by atoms with Gasteiger partial charge in [-0.15, -0.1) is 0 Å². The number of nitrogens with two attached hydrogens (primary N) is 1. The van der Waals surface area contributed by atoms with Crippen molar-refractivity contribution in [3.8, 4) is 0 Å². The number of hydrogen-bond donors (Lipinski definition) is 2. The second kappa shape index (κ2) is 6.62. The minimum Gasteiger partial charge on any atom is -0.329 e. The lowest BCUT2D eigenvalue weighted by molar-refractivity contribution is 0.254. The van der Waals surface area contributed by atoms with E-state index < -0.39 is 10.2 Å². The van der Waals surface area contributed by atoms with Gasteiger partial charge in [0.05, 0.1) is 0 Å². The first-order valence-corrected chi connectivity index (χ1v) is 8.18. The summed E-state index contributed by atoms with van der Waals surface area (Å²) in [5.74, 6) is -0.337. The summed E-state index contributed by atoms with van der Waals surface area (Å²) in [7, 11) is -3.54. The fraction of sp³-hybridized carbons (Fsp3) is 0.538. The highest BCUT2D eigenvalue weighted by molar-refractivity contribution is 7.87. The van der Waals surface area contributed by atoms with Crippen molar-refractivity contribution in [3.05, 3.63) is 35.6 Å². The molecule has 0 bridgehead atoms. The Morgan fingerprint density at radius 1 is 1.30 bits per heavy atom. The Morgan fingerprint density at radius 3 is 2.65 bits per heavy atom. The Labute approximate surface area is 119 Å². The molecule has 1 saturated heterocycles. The zero-order valence-corrected chi connectivity index (χ0v) is 12.1. The molecule has 0 spiro atoms. The average Bonchev–Trinajstić information content (AvgIpc) is 2.46. The van der Waals surface area contributed by atoms with Gasteiger partial charge >= 0.3 is 0 Å². The molecule has 1 aliphatic heterocycles. The van der Waals surface area contributed by atoms with Crippen LogP contribution in [0.15, 0.2) is 24.3 Å². The fourth-order valence-corrected chi connectivity index (χ4v) is 3.85. The van der Waals surface area contributed by atoms with Gasteiger partial charge < -0.3 is 5.73 Å². The molecule has 1 aromatic rings. The number of nitrogens with one attached hydrogen (secondary N) is 1. The first-order chi connectivity index (χ1) is 9.53. The topological polar surface area (TPSA) is 75.4 Å². The third-order valence-electron chi connectivity index (χ3n) is 3.53. The predicted octanol–water partition coefficient (Wildman–Crippen LogP) is 0.973. The summed E-state index contributed by atoms with van der Waals surface area (Å²) in [4.78, 5) is 0. The molecule has 1 aromatic carbocycles. The molecule has 0 saturated carbocycles. The molecule has 1 aliphatic rings. The Morgan fingerprint density at radius 2 is 2.00 bits per heavy atom. The van der Waals surface area contributed by atoms with Crippen LogP contribution in [0.3, 0.4) is 0 Å². The number of piperidine rings is 1.